The quantitative estimate of drug-likeness (QED) is 0.477. The molecular formula is C28H46O3. The van der Waals surface area contributed by atoms with Crippen molar-refractivity contribution in [3.63, 3.8) is 0 Å². The highest BCUT2D eigenvalue weighted by Gasteiger charge is 2.50. The molecule has 3 aliphatic rings. The topological polar surface area (TPSA) is 60.7 Å². The number of rotatable bonds is 6. The fourth-order valence-electron chi connectivity index (χ4n) is 7.08. The summed E-state index contributed by atoms with van der Waals surface area (Å²) in [6.45, 7) is 15.1. The van der Waals surface area contributed by atoms with Crippen LogP contribution < -0.4 is 0 Å². The second-order valence-electron chi connectivity index (χ2n) is 11.8. The maximum Gasteiger partial charge on any atom is 0.0811 e. The summed E-state index contributed by atoms with van der Waals surface area (Å²) in [6.07, 6.45) is 11.8. The van der Waals surface area contributed by atoms with Crippen molar-refractivity contribution in [3.05, 3.63) is 34.9 Å². The molecule has 0 spiro atoms. The molecule has 0 amide bonds. The van der Waals surface area contributed by atoms with Gasteiger partial charge in [0.05, 0.1) is 17.8 Å². The summed E-state index contributed by atoms with van der Waals surface area (Å²) in [6, 6.07) is 0. The van der Waals surface area contributed by atoms with E-state index in [0.29, 0.717) is 30.1 Å². The van der Waals surface area contributed by atoms with Crippen LogP contribution >= 0.6 is 0 Å². The molecule has 3 saturated carbocycles. The average Bonchev–Trinajstić information content (AvgIpc) is 3.01. The SMILES string of the molecule is C=C1/C(=C(C)\C=C2/CCC[C@]3(C)[C@@H]([C@H](C)CCCC(C)(C)O)CC[C@@H]23)C[C@@H](O)C[C@@H]1O. The van der Waals surface area contributed by atoms with Gasteiger partial charge in [0.1, 0.15) is 0 Å². The summed E-state index contributed by atoms with van der Waals surface area (Å²) < 4.78 is 0. The van der Waals surface area contributed by atoms with Gasteiger partial charge in [-0.15, -0.1) is 0 Å². The zero-order chi connectivity index (χ0) is 23.0. The third-order valence-electron chi connectivity index (χ3n) is 8.78. The van der Waals surface area contributed by atoms with E-state index in [0.717, 1.165) is 29.9 Å². The van der Waals surface area contributed by atoms with Crippen LogP contribution in [0.25, 0.3) is 0 Å². The predicted molar refractivity (Wildman–Crippen MR) is 129 cm³/mol. The molecule has 0 heterocycles. The Morgan fingerprint density at radius 1 is 1.29 bits per heavy atom. The van der Waals surface area contributed by atoms with Crippen molar-refractivity contribution in [3.8, 4) is 0 Å². The van der Waals surface area contributed by atoms with Crippen LogP contribution in [-0.4, -0.2) is 33.1 Å². The lowest BCUT2D eigenvalue weighted by molar-refractivity contribution is 0.0596. The van der Waals surface area contributed by atoms with E-state index in [4.69, 9.17) is 0 Å². The molecule has 0 saturated heterocycles. The molecule has 3 heteroatoms. The minimum absolute atomic E-state index is 0.367. The fraction of sp³-hybridized carbons (Fsp3) is 0.786. The van der Waals surface area contributed by atoms with Crippen LogP contribution in [0.1, 0.15) is 98.8 Å². The number of fused-ring (bicyclic) bond motifs is 1. The van der Waals surface area contributed by atoms with Crippen LogP contribution in [0, 0.1) is 23.2 Å². The van der Waals surface area contributed by atoms with Crippen LogP contribution in [0.15, 0.2) is 34.9 Å². The molecule has 3 rings (SSSR count). The summed E-state index contributed by atoms with van der Waals surface area (Å²) in [5, 5.41) is 30.5. The molecule has 0 unspecified atom stereocenters. The summed E-state index contributed by atoms with van der Waals surface area (Å²) in [7, 11) is 0. The third kappa shape index (κ3) is 5.54. The predicted octanol–water partition coefficient (Wildman–Crippen LogP) is 6.09. The Bertz CT molecular complexity index is 725. The summed E-state index contributed by atoms with van der Waals surface area (Å²) in [5.74, 6) is 2.09. The molecule has 3 fully saturated rings. The lowest BCUT2D eigenvalue weighted by Gasteiger charge is -2.44. The minimum Gasteiger partial charge on any atom is -0.393 e. The van der Waals surface area contributed by atoms with E-state index in [-0.39, 0.29) is 0 Å². The monoisotopic (exact) mass is 430 g/mol. The van der Waals surface area contributed by atoms with Crippen LogP contribution in [0.4, 0.5) is 0 Å². The van der Waals surface area contributed by atoms with Crippen molar-refractivity contribution >= 4 is 0 Å². The minimum atomic E-state index is -0.621. The number of allylic oxidation sites excluding steroid dienone is 3. The molecule has 0 radical (unpaired) electrons. The second-order valence-corrected chi connectivity index (χ2v) is 11.8. The maximum absolute atomic E-state index is 10.3. The van der Waals surface area contributed by atoms with Crippen molar-refractivity contribution in [2.45, 2.75) is 117 Å². The van der Waals surface area contributed by atoms with E-state index in [9.17, 15) is 15.3 Å². The molecule has 3 aliphatic carbocycles. The van der Waals surface area contributed by atoms with Gasteiger partial charge in [-0.25, -0.2) is 0 Å². The highest BCUT2D eigenvalue weighted by Crippen LogP contribution is 2.60. The Kier molecular flexibility index (Phi) is 7.61. The first-order valence-corrected chi connectivity index (χ1v) is 12.6. The van der Waals surface area contributed by atoms with Gasteiger partial charge in [-0.3, -0.25) is 0 Å². The molecule has 0 bridgehead atoms. The lowest BCUT2D eigenvalue weighted by Crippen LogP contribution is -2.36. The fourth-order valence-corrected chi connectivity index (χ4v) is 7.08. The van der Waals surface area contributed by atoms with E-state index >= 15 is 0 Å². The van der Waals surface area contributed by atoms with Gasteiger partial charge < -0.3 is 15.3 Å². The normalized spacial score (nSPS) is 38.3. The van der Waals surface area contributed by atoms with Crippen LogP contribution in [0.2, 0.25) is 0 Å². The first-order chi connectivity index (χ1) is 14.4. The number of aliphatic hydroxyl groups is 3. The van der Waals surface area contributed by atoms with Gasteiger partial charge >= 0.3 is 0 Å². The number of aliphatic hydroxyl groups excluding tert-OH is 2. The summed E-state index contributed by atoms with van der Waals surface area (Å²) in [4.78, 5) is 0. The summed E-state index contributed by atoms with van der Waals surface area (Å²) >= 11 is 0. The largest absolute Gasteiger partial charge is 0.393 e. The zero-order valence-electron chi connectivity index (χ0n) is 20.6. The Hall–Kier alpha value is -0.900. The van der Waals surface area contributed by atoms with Gasteiger partial charge in [-0.05, 0) is 106 Å². The van der Waals surface area contributed by atoms with E-state index in [1.165, 1.54) is 44.1 Å². The lowest BCUT2D eigenvalue weighted by atomic mass is 9.60. The van der Waals surface area contributed by atoms with Gasteiger partial charge in [-0.1, -0.05) is 44.9 Å². The highest BCUT2D eigenvalue weighted by molar-refractivity contribution is 5.43. The Balaban J connectivity index is 1.76. The van der Waals surface area contributed by atoms with E-state index < -0.39 is 17.8 Å². The maximum atomic E-state index is 10.3. The van der Waals surface area contributed by atoms with Gasteiger partial charge in [0.2, 0.25) is 0 Å². The molecule has 176 valence electrons. The summed E-state index contributed by atoms with van der Waals surface area (Å²) in [5.41, 5.74) is 4.42. The molecule has 0 aromatic heterocycles. The van der Waals surface area contributed by atoms with Crippen LogP contribution in [0.3, 0.4) is 0 Å². The van der Waals surface area contributed by atoms with Crippen LogP contribution in [-0.2, 0) is 0 Å². The van der Waals surface area contributed by atoms with Crippen molar-refractivity contribution in [1.82, 2.24) is 0 Å². The van der Waals surface area contributed by atoms with Gasteiger partial charge in [-0.2, -0.15) is 0 Å². The van der Waals surface area contributed by atoms with Crippen molar-refractivity contribution < 1.29 is 15.3 Å². The van der Waals surface area contributed by atoms with Crippen molar-refractivity contribution in [2.24, 2.45) is 23.2 Å². The van der Waals surface area contributed by atoms with Gasteiger partial charge in [0, 0.05) is 6.42 Å². The van der Waals surface area contributed by atoms with E-state index in [2.05, 4.69) is 33.4 Å². The van der Waals surface area contributed by atoms with Crippen molar-refractivity contribution in [2.75, 3.05) is 0 Å². The molecule has 3 nitrogen and oxygen atoms in total. The molecule has 6 atom stereocenters. The van der Waals surface area contributed by atoms with Gasteiger partial charge in [0.15, 0.2) is 0 Å². The zero-order valence-corrected chi connectivity index (χ0v) is 20.6. The molecule has 0 aliphatic heterocycles. The Morgan fingerprint density at radius 3 is 2.68 bits per heavy atom. The third-order valence-corrected chi connectivity index (χ3v) is 8.78. The molecule has 31 heavy (non-hydrogen) atoms. The van der Waals surface area contributed by atoms with E-state index in [1.54, 1.807) is 5.57 Å². The first-order valence-electron chi connectivity index (χ1n) is 12.6. The van der Waals surface area contributed by atoms with E-state index in [1.807, 2.05) is 13.8 Å². The average molecular weight is 431 g/mol. The Morgan fingerprint density at radius 2 is 2.00 bits per heavy atom. The first kappa shape index (κ1) is 24.7. The van der Waals surface area contributed by atoms with Gasteiger partial charge in [0.25, 0.3) is 0 Å². The number of hydrogen-bond donors (Lipinski definition) is 3. The van der Waals surface area contributed by atoms with Crippen LogP contribution in [0.5, 0.6) is 0 Å². The highest BCUT2D eigenvalue weighted by atomic mass is 16.3. The molecule has 3 N–H and O–H groups in total. The standard InChI is InChI=1S/C28H46O3/c1-18(9-7-13-27(4,5)31)24-11-12-25-21(10-8-14-28(24,25)6)15-19(2)23-16-22(29)17-26(30)20(23)3/h15,18,22,24-26,29-31H,3,7-14,16-17H2,1-2,4-6H3/b21-15+,23-19-/t18-,22-,24-,25+,26+,28-/m1/s1. The second kappa shape index (κ2) is 9.53. The Labute approximate surface area is 190 Å². The molecule has 0 aromatic rings. The van der Waals surface area contributed by atoms with Crippen molar-refractivity contribution in [1.29, 1.82) is 0 Å². The molecule has 0 aromatic carbocycles. The smallest absolute Gasteiger partial charge is 0.0811 e. The molecular weight excluding hydrogens is 384 g/mol. The number of hydrogen-bond acceptors (Lipinski definition) is 3.